The molecule has 0 radical (unpaired) electrons. The van der Waals surface area contributed by atoms with Crippen molar-refractivity contribution in [3.63, 3.8) is 0 Å². The van der Waals surface area contributed by atoms with Gasteiger partial charge in [0, 0.05) is 10.5 Å². The molecule has 1 aliphatic carbocycles. The van der Waals surface area contributed by atoms with Crippen molar-refractivity contribution in [1.82, 2.24) is 0 Å². The molecule has 1 rings (SSSR count). The molecule has 10 heavy (non-hydrogen) atoms. The normalized spacial score (nSPS) is 37.5. The van der Waals surface area contributed by atoms with Crippen LogP contribution >= 0.6 is 25.3 Å². The molecule has 1 unspecified atom stereocenters. The van der Waals surface area contributed by atoms with E-state index in [4.69, 9.17) is 0 Å². The highest BCUT2D eigenvalue weighted by atomic mass is 32.1. The molecule has 0 amide bonds. The summed E-state index contributed by atoms with van der Waals surface area (Å²) >= 11 is 8.89. The Balaban J connectivity index is 2.26. The lowest BCUT2D eigenvalue weighted by molar-refractivity contribution is 0.366. The van der Waals surface area contributed by atoms with Gasteiger partial charge >= 0.3 is 0 Å². The molecule has 0 aliphatic heterocycles. The number of hydrogen-bond donors (Lipinski definition) is 2. The maximum atomic E-state index is 4.45. The molecule has 1 fully saturated rings. The van der Waals surface area contributed by atoms with E-state index in [1.54, 1.807) is 0 Å². The Hall–Kier alpha value is 0.700. The van der Waals surface area contributed by atoms with Crippen LogP contribution in [0, 0.1) is 5.92 Å². The van der Waals surface area contributed by atoms with Crippen molar-refractivity contribution in [1.29, 1.82) is 0 Å². The summed E-state index contributed by atoms with van der Waals surface area (Å²) in [6.07, 6.45) is 5.25. The van der Waals surface area contributed by atoms with E-state index in [0.29, 0.717) is 10.5 Å². The van der Waals surface area contributed by atoms with E-state index in [9.17, 15) is 0 Å². The second-order valence-corrected chi connectivity index (χ2v) is 4.85. The Bertz CT molecular complexity index is 93.4. The first kappa shape index (κ1) is 8.79. The number of rotatable bonds is 1. The van der Waals surface area contributed by atoms with Crippen molar-refractivity contribution in [3.05, 3.63) is 0 Å². The highest BCUT2D eigenvalue weighted by molar-refractivity contribution is 7.81. The molecule has 0 nitrogen and oxygen atoms in total. The summed E-state index contributed by atoms with van der Waals surface area (Å²) in [4.78, 5) is 0. The molecular weight excluding hydrogens is 160 g/mol. The van der Waals surface area contributed by atoms with Crippen molar-refractivity contribution in [2.45, 2.75) is 43.1 Å². The minimum absolute atomic E-state index is 0.584. The van der Waals surface area contributed by atoms with Gasteiger partial charge in [0.05, 0.1) is 0 Å². The van der Waals surface area contributed by atoms with E-state index in [-0.39, 0.29) is 0 Å². The van der Waals surface area contributed by atoms with Crippen LogP contribution in [0.3, 0.4) is 0 Å². The second-order valence-electron chi connectivity index (χ2n) is 3.31. The van der Waals surface area contributed by atoms with Crippen LogP contribution in [0.2, 0.25) is 0 Å². The first-order valence-corrected chi connectivity index (χ1v) is 5.09. The van der Waals surface area contributed by atoms with Gasteiger partial charge in [-0.25, -0.2) is 0 Å². The highest BCUT2D eigenvalue weighted by Gasteiger charge is 2.21. The van der Waals surface area contributed by atoms with Gasteiger partial charge < -0.3 is 0 Å². The van der Waals surface area contributed by atoms with E-state index >= 15 is 0 Å². The Morgan fingerprint density at radius 1 is 1.20 bits per heavy atom. The van der Waals surface area contributed by atoms with Crippen molar-refractivity contribution >= 4 is 25.3 Å². The van der Waals surface area contributed by atoms with Crippen LogP contribution in [0.4, 0.5) is 0 Å². The quantitative estimate of drug-likeness (QED) is 0.564. The second kappa shape index (κ2) is 3.91. The maximum Gasteiger partial charge on any atom is 0.00170 e. The zero-order valence-corrected chi connectivity index (χ0v) is 8.24. The Morgan fingerprint density at radius 3 is 2.10 bits per heavy atom. The molecule has 0 aromatic carbocycles. The fraction of sp³-hybridized carbons (Fsp3) is 1.00. The van der Waals surface area contributed by atoms with Crippen molar-refractivity contribution < 1.29 is 0 Å². The van der Waals surface area contributed by atoms with Gasteiger partial charge in [0.25, 0.3) is 0 Å². The average Bonchev–Trinajstić information content (AvgIpc) is 1.88. The Morgan fingerprint density at radius 2 is 1.70 bits per heavy atom. The van der Waals surface area contributed by atoms with Crippen molar-refractivity contribution in [3.8, 4) is 0 Å². The largest absolute Gasteiger partial charge is 0.176 e. The third-order valence-electron chi connectivity index (χ3n) is 2.42. The van der Waals surface area contributed by atoms with E-state index in [0.717, 1.165) is 5.92 Å². The fourth-order valence-electron chi connectivity index (χ4n) is 1.58. The first-order valence-electron chi connectivity index (χ1n) is 4.06. The highest BCUT2D eigenvalue weighted by Crippen LogP contribution is 2.31. The van der Waals surface area contributed by atoms with Gasteiger partial charge in [-0.1, -0.05) is 6.92 Å². The zero-order chi connectivity index (χ0) is 7.56. The number of hydrogen-bond acceptors (Lipinski definition) is 2. The average molecular weight is 176 g/mol. The predicted molar refractivity (Wildman–Crippen MR) is 53.2 cm³/mol. The summed E-state index contributed by atoms with van der Waals surface area (Å²) < 4.78 is 0. The SMILES string of the molecule is CC(S)C1CCC(S)CC1. The van der Waals surface area contributed by atoms with Gasteiger partial charge in [-0.3, -0.25) is 0 Å². The molecule has 60 valence electrons. The maximum absolute atomic E-state index is 4.45. The van der Waals surface area contributed by atoms with Gasteiger partial charge in [-0.2, -0.15) is 25.3 Å². The lowest BCUT2D eigenvalue weighted by Crippen LogP contribution is -2.20. The minimum Gasteiger partial charge on any atom is -0.176 e. The lowest BCUT2D eigenvalue weighted by Gasteiger charge is -2.27. The number of thiol groups is 2. The molecule has 0 aromatic rings. The van der Waals surface area contributed by atoms with E-state index in [1.807, 2.05) is 0 Å². The molecule has 1 aliphatic rings. The predicted octanol–water partition coefficient (Wildman–Crippen LogP) is 2.79. The van der Waals surface area contributed by atoms with Crippen LogP contribution in [0.25, 0.3) is 0 Å². The van der Waals surface area contributed by atoms with E-state index in [2.05, 4.69) is 32.2 Å². The van der Waals surface area contributed by atoms with Crippen LogP contribution in [0.1, 0.15) is 32.6 Å². The third-order valence-corrected chi connectivity index (χ3v) is 3.36. The van der Waals surface area contributed by atoms with E-state index < -0.39 is 0 Å². The summed E-state index contributed by atoms with van der Waals surface area (Å²) in [6, 6.07) is 0. The van der Waals surface area contributed by atoms with Crippen LogP contribution in [-0.2, 0) is 0 Å². The Labute approximate surface area is 74.6 Å². The van der Waals surface area contributed by atoms with E-state index in [1.165, 1.54) is 25.7 Å². The molecular formula is C8H16S2. The smallest absolute Gasteiger partial charge is 0.00170 e. The van der Waals surface area contributed by atoms with Gasteiger partial charge in [0.15, 0.2) is 0 Å². The molecule has 0 saturated heterocycles. The van der Waals surface area contributed by atoms with Crippen molar-refractivity contribution in [2.75, 3.05) is 0 Å². The lowest BCUT2D eigenvalue weighted by atomic mass is 9.87. The molecule has 0 spiro atoms. The zero-order valence-electron chi connectivity index (χ0n) is 6.45. The van der Waals surface area contributed by atoms with Crippen LogP contribution in [0.15, 0.2) is 0 Å². The molecule has 1 saturated carbocycles. The van der Waals surface area contributed by atoms with Gasteiger partial charge in [0.2, 0.25) is 0 Å². The molecule has 0 heterocycles. The fourth-order valence-corrected chi connectivity index (χ4v) is 2.18. The molecule has 1 atom stereocenters. The van der Waals surface area contributed by atoms with Crippen LogP contribution in [-0.4, -0.2) is 10.5 Å². The van der Waals surface area contributed by atoms with Gasteiger partial charge in [0.1, 0.15) is 0 Å². The summed E-state index contributed by atoms with van der Waals surface area (Å²) in [7, 11) is 0. The summed E-state index contributed by atoms with van der Waals surface area (Å²) in [5, 5.41) is 1.25. The molecule has 0 aromatic heterocycles. The summed E-state index contributed by atoms with van der Waals surface area (Å²) in [5.74, 6) is 0.853. The minimum atomic E-state index is 0.584. The molecule has 0 N–H and O–H groups in total. The van der Waals surface area contributed by atoms with Gasteiger partial charge in [-0.05, 0) is 31.6 Å². The summed E-state index contributed by atoms with van der Waals surface area (Å²) in [5.41, 5.74) is 0. The van der Waals surface area contributed by atoms with Gasteiger partial charge in [-0.15, -0.1) is 0 Å². The first-order chi connectivity index (χ1) is 4.70. The van der Waals surface area contributed by atoms with Crippen LogP contribution < -0.4 is 0 Å². The summed E-state index contributed by atoms with van der Waals surface area (Å²) in [6.45, 7) is 2.20. The monoisotopic (exact) mass is 176 g/mol. The topological polar surface area (TPSA) is 0 Å². The molecule has 2 heteroatoms. The Kier molecular flexibility index (Phi) is 3.44. The standard InChI is InChI=1S/C8H16S2/c1-6(9)7-2-4-8(10)5-3-7/h6-10H,2-5H2,1H3. The molecule has 0 bridgehead atoms. The van der Waals surface area contributed by atoms with Crippen LogP contribution in [0.5, 0.6) is 0 Å². The third kappa shape index (κ3) is 2.39. The van der Waals surface area contributed by atoms with Crippen molar-refractivity contribution in [2.24, 2.45) is 5.92 Å².